The Morgan fingerprint density at radius 2 is 1.73 bits per heavy atom. The topological polar surface area (TPSA) is 123 Å². The number of aromatic nitrogens is 3. The summed E-state index contributed by atoms with van der Waals surface area (Å²) < 4.78 is 25.3. The molecule has 186 valence electrons. The lowest BCUT2D eigenvalue weighted by molar-refractivity contribution is -0.115. The second kappa shape index (κ2) is 9.96. The summed E-state index contributed by atoms with van der Waals surface area (Å²) in [6.07, 6.45) is 5.80. The molecule has 3 aromatic heterocycles. The molecule has 0 bridgehead atoms. The van der Waals surface area contributed by atoms with Crippen molar-refractivity contribution in [1.29, 1.82) is 0 Å². The van der Waals surface area contributed by atoms with Crippen molar-refractivity contribution in [3.05, 3.63) is 90.2 Å². The summed E-state index contributed by atoms with van der Waals surface area (Å²) in [6.45, 7) is -0.302. The third-order valence-electron chi connectivity index (χ3n) is 5.61. The second-order valence-corrected chi connectivity index (χ2v) is 10.9. The number of hydrogen-bond acceptors (Lipinski definition) is 7. The van der Waals surface area contributed by atoms with Crippen LogP contribution in [0.5, 0.6) is 0 Å². The van der Waals surface area contributed by atoms with E-state index >= 15 is 0 Å². The molecule has 0 saturated carbocycles. The van der Waals surface area contributed by atoms with Gasteiger partial charge in [-0.05, 0) is 35.4 Å². The van der Waals surface area contributed by atoms with E-state index in [4.69, 9.17) is 0 Å². The number of amides is 2. The first kappa shape index (κ1) is 24.3. The molecule has 0 saturated heterocycles. The van der Waals surface area contributed by atoms with Crippen molar-refractivity contribution in [2.45, 2.75) is 0 Å². The van der Waals surface area contributed by atoms with Crippen molar-refractivity contribution in [1.82, 2.24) is 19.3 Å². The molecular weight excluding hydrogens is 510 g/mol. The molecule has 2 N–H and O–H groups in total. The summed E-state index contributed by atoms with van der Waals surface area (Å²) in [6, 6.07) is 18.4. The Hall–Kier alpha value is -4.35. The van der Waals surface area contributed by atoms with Crippen LogP contribution in [0.3, 0.4) is 0 Å². The van der Waals surface area contributed by atoms with Crippen molar-refractivity contribution in [2.75, 3.05) is 18.1 Å². The summed E-state index contributed by atoms with van der Waals surface area (Å²) >= 11 is 1.28. The standard InChI is InChI=1S/C26H21N5O4S2/c1-37(34,35)31-15-21(20-7-2-3-8-23(20)31)25(33)28-14-24(32)30-26-29-22(16-36-26)19-6-4-5-18(13-19)17-9-11-27-12-10-17/h2-13,15-16H,14H2,1H3,(H,28,33)(H,29,30,32). The van der Waals surface area contributed by atoms with Gasteiger partial charge in [-0.1, -0.05) is 36.4 Å². The minimum atomic E-state index is -3.61. The number of benzene rings is 2. The lowest BCUT2D eigenvalue weighted by Crippen LogP contribution is -2.32. The number of nitrogens with zero attached hydrogens (tertiary/aromatic N) is 3. The van der Waals surface area contributed by atoms with Crippen LogP contribution in [-0.2, 0) is 14.8 Å². The van der Waals surface area contributed by atoms with Gasteiger partial charge in [0.05, 0.1) is 29.6 Å². The van der Waals surface area contributed by atoms with Gasteiger partial charge >= 0.3 is 0 Å². The average Bonchev–Trinajstić information content (AvgIpc) is 3.53. The molecule has 5 aromatic rings. The number of thiazole rings is 1. The molecule has 0 aliphatic carbocycles. The minimum Gasteiger partial charge on any atom is -0.343 e. The molecule has 3 heterocycles. The predicted molar refractivity (Wildman–Crippen MR) is 144 cm³/mol. The van der Waals surface area contributed by atoms with Crippen LogP contribution in [0.2, 0.25) is 0 Å². The number of anilines is 1. The maximum Gasteiger partial charge on any atom is 0.253 e. The maximum atomic E-state index is 12.8. The number of nitrogens with one attached hydrogen (secondary N) is 2. The van der Waals surface area contributed by atoms with Gasteiger partial charge in [0.2, 0.25) is 15.9 Å². The fourth-order valence-corrected chi connectivity index (χ4v) is 5.44. The number of carbonyl (C=O) groups is 2. The van der Waals surface area contributed by atoms with Crippen LogP contribution in [0, 0.1) is 0 Å². The largest absolute Gasteiger partial charge is 0.343 e. The number of hydrogen-bond donors (Lipinski definition) is 2. The fourth-order valence-electron chi connectivity index (χ4n) is 3.89. The van der Waals surface area contributed by atoms with Crippen LogP contribution in [-0.4, -0.2) is 47.0 Å². The zero-order valence-corrected chi connectivity index (χ0v) is 21.2. The Kier molecular flexibility index (Phi) is 6.55. The highest BCUT2D eigenvalue weighted by Gasteiger charge is 2.19. The van der Waals surface area contributed by atoms with Gasteiger partial charge in [0.15, 0.2) is 5.13 Å². The van der Waals surface area contributed by atoms with E-state index < -0.39 is 21.8 Å². The number of rotatable bonds is 7. The molecule has 0 radical (unpaired) electrons. The van der Waals surface area contributed by atoms with Crippen LogP contribution in [0.15, 0.2) is 84.6 Å². The smallest absolute Gasteiger partial charge is 0.253 e. The van der Waals surface area contributed by atoms with Gasteiger partial charge in [-0.2, -0.15) is 0 Å². The molecule has 0 fully saturated rings. The predicted octanol–water partition coefficient (Wildman–Crippen LogP) is 4.00. The van der Waals surface area contributed by atoms with Gasteiger partial charge in [0, 0.05) is 34.9 Å². The van der Waals surface area contributed by atoms with Gasteiger partial charge in [-0.3, -0.25) is 14.6 Å². The Morgan fingerprint density at radius 3 is 2.51 bits per heavy atom. The second-order valence-electron chi connectivity index (χ2n) is 8.20. The minimum absolute atomic E-state index is 0.166. The Labute approximate surface area is 216 Å². The first-order chi connectivity index (χ1) is 17.8. The van der Waals surface area contributed by atoms with Crippen molar-refractivity contribution >= 4 is 49.2 Å². The quantitative estimate of drug-likeness (QED) is 0.327. The Bertz CT molecular complexity index is 1730. The first-order valence-corrected chi connectivity index (χ1v) is 13.9. The van der Waals surface area contributed by atoms with Gasteiger partial charge < -0.3 is 10.6 Å². The molecule has 5 rings (SSSR count). The lowest BCUT2D eigenvalue weighted by Gasteiger charge is -2.05. The monoisotopic (exact) mass is 531 g/mol. The van der Waals surface area contributed by atoms with E-state index in [1.165, 1.54) is 17.5 Å². The van der Waals surface area contributed by atoms with Crippen molar-refractivity contribution in [3.8, 4) is 22.4 Å². The summed E-state index contributed by atoms with van der Waals surface area (Å²) in [4.78, 5) is 33.8. The Morgan fingerprint density at radius 1 is 0.973 bits per heavy atom. The highest BCUT2D eigenvalue weighted by atomic mass is 32.2. The summed E-state index contributed by atoms with van der Waals surface area (Å²) in [5.74, 6) is -1.01. The van der Waals surface area contributed by atoms with E-state index in [-0.39, 0.29) is 12.1 Å². The molecule has 0 aliphatic heterocycles. The van der Waals surface area contributed by atoms with Crippen LogP contribution < -0.4 is 10.6 Å². The van der Waals surface area contributed by atoms with Gasteiger partial charge in [-0.15, -0.1) is 11.3 Å². The van der Waals surface area contributed by atoms with Crippen molar-refractivity contribution < 1.29 is 18.0 Å². The molecule has 0 aliphatic rings. The third kappa shape index (κ3) is 5.27. The molecule has 11 heteroatoms. The number of fused-ring (bicyclic) bond motifs is 1. The fraction of sp³-hybridized carbons (Fsp3) is 0.0769. The average molecular weight is 532 g/mol. The molecule has 2 amide bonds. The summed E-state index contributed by atoms with van der Waals surface area (Å²) in [5, 5.41) is 7.97. The number of carbonyl (C=O) groups excluding carboxylic acids is 2. The third-order valence-corrected chi connectivity index (χ3v) is 7.39. The first-order valence-electron chi connectivity index (χ1n) is 11.1. The van der Waals surface area contributed by atoms with Crippen LogP contribution in [0.4, 0.5) is 5.13 Å². The van der Waals surface area contributed by atoms with Crippen LogP contribution >= 0.6 is 11.3 Å². The van der Waals surface area contributed by atoms with Gasteiger partial charge in [-0.25, -0.2) is 17.4 Å². The van der Waals surface area contributed by atoms with Crippen LogP contribution in [0.25, 0.3) is 33.3 Å². The number of pyridine rings is 1. The highest BCUT2D eigenvalue weighted by molar-refractivity contribution is 7.89. The molecule has 0 atom stereocenters. The van der Waals surface area contributed by atoms with E-state index in [9.17, 15) is 18.0 Å². The SMILES string of the molecule is CS(=O)(=O)n1cc(C(=O)NCC(=O)Nc2nc(-c3cccc(-c4ccncc4)c3)cs2)c2ccccc21. The zero-order valence-electron chi connectivity index (χ0n) is 19.6. The summed E-state index contributed by atoms with van der Waals surface area (Å²) in [7, 11) is -3.61. The van der Waals surface area contributed by atoms with Crippen LogP contribution in [0.1, 0.15) is 10.4 Å². The van der Waals surface area contributed by atoms with E-state index in [2.05, 4.69) is 20.6 Å². The molecule has 2 aromatic carbocycles. The molecule has 37 heavy (non-hydrogen) atoms. The molecule has 9 nitrogen and oxygen atoms in total. The van der Waals surface area contributed by atoms with Crippen molar-refractivity contribution in [2.24, 2.45) is 0 Å². The molecule has 0 spiro atoms. The normalized spacial score (nSPS) is 11.4. The Balaban J connectivity index is 1.25. The zero-order chi connectivity index (χ0) is 26.0. The molecular formula is C26H21N5O4S2. The molecule has 0 unspecified atom stereocenters. The highest BCUT2D eigenvalue weighted by Crippen LogP contribution is 2.29. The summed E-state index contributed by atoms with van der Waals surface area (Å²) in [5.41, 5.74) is 4.24. The maximum absolute atomic E-state index is 12.8. The van der Waals surface area contributed by atoms with E-state index in [0.717, 1.165) is 26.9 Å². The number of para-hydroxylation sites is 1. The van der Waals surface area contributed by atoms with E-state index in [1.54, 1.807) is 36.7 Å². The van der Waals surface area contributed by atoms with Gasteiger partial charge in [0.1, 0.15) is 0 Å². The van der Waals surface area contributed by atoms with Gasteiger partial charge in [0.25, 0.3) is 5.91 Å². The van der Waals surface area contributed by atoms with E-state index in [1.807, 2.05) is 41.8 Å². The lowest BCUT2D eigenvalue weighted by atomic mass is 10.0. The van der Waals surface area contributed by atoms with Crippen molar-refractivity contribution in [3.63, 3.8) is 0 Å². The van der Waals surface area contributed by atoms with E-state index in [0.29, 0.717) is 21.7 Å².